The molecule has 0 aliphatic rings. The lowest BCUT2D eigenvalue weighted by Crippen LogP contribution is -2.17. The van der Waals surface area contributed by atoms with E-state index >= 15 is 0 Å². The molecule has 0 atom stereocenters. The van der Waals surface area contributed by atoms with Gasteiger partial charge in [-0.2, -0.15) is 10.2 Å². The molecule has 1 aromatic heterocycles. The third-order valence-corrected chi connectivity index (χ3v) is 5.11. The third kappa shape index (κ3) is 3.97. The Morgan fingerprint density at radius 1 is 1.04 bits per heavy atom. The van der Waals surface area contributed by atoms with Gasteiger partial charge in [-0.25, -0.2) is 5.43 Å². The molecule has 0 unspecified atom stereocenters. The van der Waals surface area contributed by atoms with E-state index in [0.29, 0.717) is 11.4 Å². The summed E-state index contributed by atoms with van der Waals surface area (Å²) in [6.07, 6.45) is 3.64. The van der Waals surface area contributed by atoms with Crippen LogP contribution >= 0.6 is 11.8 Å². The highest BCUT2D eigenvalue weighted by molar-refractivity contribution is 7.98. The Morgan fingerprint density at radius 3 is 2.61 bits per heavy atom. The first-order valence-electron chi connectivity index (χ1n) is 8.75. The van der Waals surface area contributed by atoms with Crippen LogP contribution in [0.4, 0.5) is 0 Å². The molecular formula is C22H18N4OS. The monoisotopic (exact) mass is 386 g/mol. The van der Waals surface area contributed by atoms with Gasteiger partial charge in [-0.3, -0.25) is 9.89 Å². The number of hydrogen-bond acceptors (Lipinski definition) is 4. The Bertz CT molecular complexity index is 1150. The average molecular weight is 386 g/mol. The zero-order valence-corrected chi connectivity index (χ0v) is 16.0. The zero-order chi connectivity index (χ0) is 19.3. The number of nitrogens with one attached hydrogen (secondary N) is 2. The summed E-state index contributed by atoms with van der Waals surface area (Å²) in [4.78, 5) is 13.5. The van der Waals surface area contributed by atoms with Crippen molar-refractivity contribution in [1.82, 2.24) is 15.6 Å². The average Bonchev–Trinajstić information content (AvgIpc) is 3.24. The van der Waals surface area contributed by atoms with Crippen LogP contribution in [0.5, 0.6) is 0 Å². The third-order valence-electron chi connectivity index (χ3n) is 4.36. The smallest absolute Gasteiger partial charge is 0.272 e. The number of fused-ring (bicyclic) bond motifs is 1. The van der Waals surface area contributed by atoms with Crippen LogP contribution in [0.15, 0.2) is 82.8 Å². The molecule has 0 saturated heterocycles. The molecule has 1 heterocycles. The van der Waals surface area contributed by atoms with Crippen LogP contribution in [0.1, 0.15) is 16.1 Å². The molecule has 2 N–H and O–H groups in total. The second-order valence-electron chi connectivity index (χ2n) is 6.20. The van der Waals surface area contributed by atoms with E-state index in [1.54, 1.807) is 24.0 Å². The minimum atomic E-state index is -0.337. The largest absolute Gasteiger partial charge is 0.289 e. The Kier molecular flexibility index (Phi) is 5.21. The number of aromatic nitrogens is 2. The SMILES string of the molecule is CSc1ccc(C=NNC(=O)c2cc(-c3ccc4ccccc4c3)n[nH]2)cc1. The predicted octanol–water partition coefficient (Wildman–Crippen LogP) is 4.72. The van der Waals surface area contributed by atoms with Crippen molar-refractivity contribution in [2.75, 3.05) is 6.26 Å². The van der Waals surface area contributed by atoms with Crippen molar-refractivity contribution in [3.8, 4) is 11.3 Å². The molecule has 28 heavy (non-hydrogen) atoms. The van der Waals surface area contributed by atoms with Crippen molar-refractivity contribution in [2.45, 2.75) is 4.90 Å². The fourth-order valence-electron chi connectivity index (χ4n) is 2.85. The summed E-state index contributed by atoms with van der Waals surface area (Å²) in [6.45, 7) is 0. The molecule has 4 rings (SSSR count). The molecule has 0 bridgehead atoms. The second-order valence-corrected chi connectivity index (χ2v) is 7.08. The van der Waals surface area contributed by atoms with Gasteiger partial charge in [0.2, 0.25) is 0 Å². The first-order chi connectivity index (χ1) is 13.7. The Labute approximate surface area is 166 Å². The number of carbonyl (C=O) groups excluding carboxylic acids is 1. The second kappa shape index (κ2) is 8.10. The molecule has 5 nitrogen and oxygen atoms in total. The summed E-state index contributed by atoms with van der Waals surface area (Å²) in [7, 11) is 0. The minimum absolute atomic E-state index is 0.337. The summed E-state index contributed by atoms with van der Waals surface area (Å²) in [6, 6.07) is 23.9. The van der Waals surface area contributed by atoms with Crippen molar-refractivity contribution in [3.05, 3.63) is 84.1 Å². The van der Waals surface area contributed by atoms with Gasteiger partial charge in [-0.05, 0) is 46.9 Å². The standard InChI is InChI=1S/C22H18N4OS/c1-28-19-10-6-15(7-11-19)14-23-26-22(27)21-13-20(24-25-21)18-9-8-16-4-2-3-5-17(16)12-18/h2-14H,1H3,(H,24,25)(H,26,27). The maximum atomic E-state index is 12.3. The number of hydrogen-bond donors (Lipinski definition) is 2. The molecule has 0 aliphatic carbocycles. The van der Waals surface area contributed by atoms with Crippen LogP contribution in [-0.4, -0.2) is 28.6 Å². The van der Waals surface area contributed by atoms with Gasteiger partial charge in [0, 0.05) is 10.5 Å². The Balaban J connectivity index is 1.45. The first-order valence-corrected chi connectivity index (χ1v) is 9.97. The summed E-state index contributed by atoms with van der Waals surface area (Å²) < 4.78 is 0. The van der Waals surface area contributed by atoms with Gasteiger partial charge in [0.15, 0.2) is 0 Å². The van der Waals surface area contributed by atoms with E-state index in [1.165, 1.54) is 10.3 Å². The van der Waals surface area contributed by atoms with E-state index in [4.69, 9.17) is 0 Å². The molecule has 0 saturated carbocycles. The quantitative estimate of drug-likeness (QED) is 0.296. The number of aromatic amines is 1. The first kappa shape index (κ1) is 18.0. The maximum absolute atomic E-state index is 12.3. The van der Waals surface area contributed by atoms with Crippen molar-refractivity contribution < 1.29 is 4.79 Å². The van der Waals surface area contributed by atoms with Gasteiger partial charge >= 0.3 is 0 Å². The van der Waals surface area contributed by atoms with Crippen LogP contribution in [0.25, 0.3) is 22.0 Å². The van der Waals surface area contributed by atoms with Crippen molar-refractivity contribution >= 4 is 34.7 Å². The van der Waals surface area contributed by atoms with Crippen LogP contribution in [0.2, 0.25) is 0 Å². The van der Waals surface area contributed by atoms with Crippen LogP contribution < -0.4 is 5.43 Å². The number of H-pyrrole nitrogens is 1. The minimum Gasteiger partial charge on any atom is -0.272 e. The van der Waals surface area contributed by atoms with Gasteiger partial charge in [-0.15, -0.1) is 11.8 Å². The molecule has 3 aromatic carbocycles. The van der Waals surface area contributed by atoms with Crippen LogP contribution in [0, 0.1) is 0 Å². The summed E-state index contributed by atoms with van der Waals surface area (Å²) in [5, 5.41) is 13.4. The van der Waals surface area contributed by atoms with E-state index in [2.05, 4.69) is 38.9 Å². The maximum Gasteiger partial charge on any atom is 0.289 e. The Hall–Kier alpha value is -3.38. The van der Waals surface area contributed by atoms with Gasteiger partial charge in [0.1, 0.15) is 5.69 Å². The molecule has 4 aromatic rings. The molecule has 0 fully saturated rings. The van der Waals surface area contributed by atoms with Gasteiger partial charge in [0.05, 0.1) is 11.9 Å². The molecule has 138 valence electrons. The number of nitrogens with zero attached hydrogens (tertiary/aromatic N) is 2. The van der Waals surface area contributed by atoms with E-state index in [-0.39, 0.29) is 5.91 Å². The highest BCUT2D eigenvalue weighted by atomic mass is 32.2. The van der Waals surface area contributed by atoms with Crippen molar-refractivity contribution in [1.29, 1.82) is 0 Å². The normalized spacial score (nSPS) is 11.2. The van der Waals surface area contributed by atoms with Crippen molar-refractivity contribution in [2.24, 2.45) is 5.10 Å². The van der Waals surface area contributed by atoms with E-state index in [0.717, 1.165) is 16.5 Å². The lowest BCUT2D eigenvalue weighted by molar-refractivity contribution is 0.0950. The molecule has 0 radical (unpaired) electrons. The topological polar surface area (TPSA) is 70.1 Å². The molecule has 1 amide bonds. The number of amides is 1. The molecule has 0 aliphatic heterocycles. The lowest BCUT2D eigenvalue weighted by Gasteiger charge is -2.00. The van der Waals surface area contributed by atoms with Crippen LogP contribution in [0.3, 0.4) is 0 Å². The number of thioether (sulfide) groups is 1. The number of benzene rings is 3. The highest BCUT2D eigenvalue weighted by Gasteiger charge is 2.10. The summed E-state index contributed by atoms with van der Waals surface area (Å²) in [5.41, 5.74) is 5.47. The fourth-order valence-corrected chi connectivity index (χ4v) is 3.26. The van der Waals surface area contributed by atoms with Crippen molar-refractivity contribution in [3.63, 3.8) is 0 Å². The number of hydrazone groups is 1. The predicted molar refractivity (Wildman–Crippen MR) is 115 cm³/mol. The van der Waals surface area contributed by atoms with E-state index in [9.17, 15) is 4.79 Å². The van der Waals surface area contributed by atoms with Gasteiger partial charge in [-0.1, -0.05) is 48.5 Å². The number of rotatable bonds is 5. The van der Waals surface area contributed by atoms with E-state index in [1.807, 2.05) is 54.8 Å². The Morgan fingerprint density at radius 2 is 1.82 bits per heavy atom. The number of carbonyl (C=O) groups is 1. The van der Waals surface area contributed by atoms with E-state index < -0.39 is 0 Å². The fraction of sp³-hybridized carbons (Fsp3) is 0.0455. The molecule has 6 heteroatoms. The highest BCUT2D eigenvalue weighted by Crippen LogP contribution is 2.23. The molecular weight excluding hydrogens is 368 g/mol. The van der Waals surface area contributed by atoms with Crippen LogP contribution in [-0.2, 0) is 0 Å². The van der Waals surface area contributed by atoms with Gasteiger partial charge < -0.3 is 0 Å². The molecule has 0 spiro atoms. The zero-order valence-electron chi connectivity index (χ0n) is 15.2. The lowest BCUT2D eigenvalue weighted by atomic mass is 10.1. The summed E-state index contributed by atoms with van der Waals surface area (Å²) in [5.74, 6) is -0.337. The summed E-state index contributed by atoms with van der Waals surface area (Å²) >= 11 is 1.68. The van der Waals surface area contributed by atoms with Gasteiger partial charge in [0.25, 0.3) is 5.91 Å².